The van der Waals surface area contributed by atoms with E-state index in [0.29, 0.717) is 53.8 Å². The van der Waals surface area contributed by atoms with Crippen molar-refractivity contribution in [1.29, 1.82) is 0 Å². The van der Waals surface area contributed by atoms with Gasteiger partial charge in [-0.1, -0.05) is 42.5 Å². The molecule has 1 heterocycles. The molecule has 0 spiro atoms. The molecule has 1 aromatic heterocycles. The SMILES string of the molecule is O=C(O)CCCc1cn(CC(=O)O)c2c(C=Cc3ccc(OCC=CCOc4ccccc4)cc3)cc(F)cc12. The Morgan fingerprint density at radius 1 is 0.850 bits per heavy atom. The highest BCUT2D eigenvalue weighted by Gasteiger charge is 2.15. The number of aromatic nitrogens is 1. The minimum atomic E-state index is -1.03. The normalized spacial score (nSPS) is 11.4. The largest absolute Gasteiger partial charge is 0.490 e. The number of hydrogen-bond donors (Lipinski definition) is 2. The molecule has 3 aromatic carbocycles. The smallest absolute Gasteiger partial charge is 0.323 e. The topological polar surface area (TPSA) is 98.0 Å². The third-order valence-electron chi connectivity index (χ3n) is 6.13. The number of rotatable bonds is 14. The Kier molecular flexibility index (Phi) is 9.72. The molecule has 0 saturated carbocycles. The van der Waals surface area contributed by atoms with Crippen molar-refractivity contribution in [3.05, 3.63) is 108 Å². The van der Waals surface area contributed by atoms with Crippen molar-refractivity contribution in [3.8, 4) is 11.5 Å². The summed E-state index contributed by atoms with van der Waals surface area (Å²) in [6.45, 7) is 0.550. The summed E-state index contributed by atoms with van der Waals surface area (Å²) < 4.78 is 27.5. The minimum Gasteiger partial charge on any atom is -0.490 e. The molecular formula is C32H30FNO6. The van der Waals surface area contributed by atoms with E-state index in [1.165, 1.54) is 12.1 Å². The Labute approximate surface area is 231 Å². The quantitative estimate of drug-likeness (QED) is 0.140. The highest BCUT2D eigenvalue weighted by Crippen LogP contribution is 2.29. The summed E-state index contributed by atoms with van der Waals surface area (Å²) in [6.07, 6.45) is 9.76. The van der Waals surface area contributed by atoms with Gasteiger partial charge >= 0.3 is 11.9 Å². The number of para-hydroxylation sites is 1. The number of aliphatic carboxylic acids is 2. The molecular weight excluding hydrogens is 513 g/mol. The Morgan fingerprint density at radius 3 is 2.17 bits per heavy atom. The average molecular weight is 544 g/mol. The van der Waals surface area contributed by atoms with Crippen LogP contribution in [0.1, 0.15) is 29.5 Å². The molecule has 0 unspecified atom stereocenters. The fourth-order valence-electron chi connectivity index (χ4n) is 4.34. The van der Waals surface area contributed by atoms with Gasteiger partial charge in [0.25, 0.3) is 0 Å². The predicted molar refractivity (Wildman–Crippen MR) is 152 cm³/mol. The van der Waals surface area contributed by atoms with Crippen LogP contribution in [0.25, 0.3) is 23.1 Å². The zero-order valence-corrected chi connectivity index (χ0v) is 21.8. The third kappa shape index (κ3) is 8.07. The lowest BCUT2D eigenvalue weighted by Crippen LogP contribution is -2.08. The van der Waals surface area contributed by atoms with Crippen molar-refractivity contribution >= 4 is 35.0 Å². The number of carboxylic acid groups (broad SMARTS) is 2. The van der Waals surface area contributed by atoms with Gasteiger partial charge in [-0.05, 0) is 72.5 Å². The molecule has 0 amide bonds. The van der Waals surface area contributed by atoms with E-state index in [2.05, 4.69) is 0 Å². The zero-order valence-electron chi connectivity index (χ0n) is 21.8. The standard InChI is InChI=1S/C32H30FNO6/c33-26-19-24(32-29(20-26)25(7-6-10-30(35)36)21-34(32)22-31(37)38)14-11-23-12-15-28(16-13-23)40-18-5-4-17-39-27-8-2-1-3-9-27/h1-5,8-9,11-16,19-21H,6-7,10,17-18,22H2,(H,35,36)(H,37,38). The van der Waals surface area contributed by atoms with Crippen molar-refractivity contribution < 1.29 is 33.7 Å². The average Bonchev–Trinajstić information content (AvgIpc) is 3.26. The molecule has 0 atom stereocenters. The molecule has 0 saturated heterocycles. The highest BCUT2D eigenvalue weighted by molar-refractivity contribution is 5.94. The second-order valence-electron chi connectivity index (χ2n) is 9.12. The van der Waals surface area contributed by atoms with Crippen LogP contribution in [0, 0.1) is 5.82 Å². The number of fused-ring (bicyclic) bond motifs is 1. The molecule has 4 rings (SSSR count). The van der Waals surface area contributed by atoms with Crippen LogP contribution in [0.2, 0.25) is 0 Å². The van der Waals surface area contributed by atoms with Gasteiger partial charge in [0.2, 0.25) is 0 Å². The summed E-state index contributed by atoms with van der Waals surface area (Å²) in [4.78, 5) is 22.4. The van der Waals surface area contributed by atoms with E-state index in [1.54, 1.807) is 16.8 Å². The van der Waals surface area contributed by atoms with Crippen LogP contribution in [0.3, 0.4) is 0 Å². The molecule has 0 aliphatic carbocycles. The van der Waals surface area contributed by atoms with Crippen molar-refractivity contribution in [3.63, 3.8) is 0 Å². The number of halogens is 1. The van der Waals surface area contributed by atoms with Crippen molar-refractivity contribution in [1.82, 2.24) is 4.57 Å². The number of benzene rings is 3. The fraction of sp³-hybridized carbons (Fsp3) is 0.188. The van der Waals surface area contributed by atoms with E-state index in [0.717, 1.165) is 11.3 Å². The molecule has 0 fully saturated rings. The summed E-state index contributed by atoms with van der Waals surface area (Å²) in [5.74, 6) is -0.888. The van der Waals surface area contributed by atoms with Crippen LogP contribution in [-0.4, -0.2) is 39.9 Å². The second kappa shape index (κ2) is 13.8. The van der Waals surface area contributed by atoms with Crippen LogP contribution in [0.15, 0.2) is 85.1 Å². The Bertz CT molecular complexity index is 1510. The monoisotopic (exact) mass is 543 g/mol. The van der Waals surface area contributed by atoms with Crippen molar-refractivity contribution in [2.24, 2.45) is 0 Å². The number of carboxylic acids is 2. The fourth-order valence-corrected chi connectivity index (χ4v) is 4.34. The maximum Gasteiger partial charge on any atom is 0.323 e. The van der Waals surface area contributed by atoms with E-state index in [-0.39, 0.29) is 13.0 Å². The van der Waals surface area contributed by atoms with Crippen LogP contribution in [0.4, 0.5) is 4.39 Å². The van der Waals surface area contributed by atoms with Gasteiger partial charge in [-0.15, -0.1) is 0 Å². The van der Waals surface area contributed by atoms with Crippen molar-refractivity contribution in [2.45, 2.75) is 25.8 Å². The van der Waals surface area contributed by atoms with E-state index < -0.39 is 17.8 Å². The molecule has 40 heavy (non-hydrogen) atoms. The number of hydrogen-bond acceptors (Lipinski definition) is 4. The summed E-state index contributed by atoms with van der Waals surface area (Å²) in [5, 5.41) is 18.9. The van der Waals surface area contributed by atoms with Gasteiger partial charge in [-0.2, -0.15) is 0 Å². The zero-order chi connectivity index (χ0) is 28.3. The molecule has 206 valence electrons. The molecule has 0 bridgehead atoms. The van der Waals surface area contributed by atoms with Crippen LogP contribution < -0.4 is 9.47 Å². The van der Waals surface area contributed by atoms with E-state index in [9.17, 15) is 19.1 Å². The number of carbonyl (C=O) groups is 2. The van der Waals surface area contributed by atoms with Gasteiger partial charge in [0, 0.05) is 23.6 Å². The Morgan fingerprint density at radius 2 is 1.52 bits per heavy atom. The summed E-state index contributed by atoms with van der Waals surface area (Å²) in [6, 6.07) is 19.7. The lowest BCUT2D eigenvalue weighted by Gasteiger charge is -2.06. The highest BCUT2D eigenvalue weighted by atomic mass is 19.1. The summed E-state index contributed by atoms with van der Waals surface area (Å²) in [5.41, 5.74) is 2.70. The third-order valence-corrected chi connectivity index (χ3v) is 6.13. The molecule has 8 heteroatoms. The minimum absolute atomic E-state index is 0.0215. The van der Waals surface area contributed by atoms with Crippen LogP contribution in [-0.2, 0) is 22.6 Å². The van der Waals surface area contributed by atoms with Crippen LogP contribution >= 0.6 is 0 Å². The maximum absolute atomic E-state index is 14.6. The number of aryl methyl sites for hydroxylation is 1. The molecule has 0 aliphatic heterocycles. The first kappa shape index (κ1) is 28.2. The maximum atomic E-state index is 14.6. The number of nitrogens with zero attached hydrogens (tertiary/aromatic N) is 1. The molecule has 2 N–H and O–H groups in total. The van der Waals surface area contributed by atoms with E-state index >= 15 is 0 Å². The van der Waals surface area contributed by atoms with E-state index in [4.69, 9.17) is 14.6 Å². The van der Waals surface area contributed by atoms with Gasteiger partial charge in [0.05, 0.1) is 5.52 Å². The Hall–Kier alpha value is -4.85. The first-order chi connectivity index (χ1) is 19.4. The first-order valence-corrected chi connectivity index (χ1v) is 12.9. The number of ether oxygens (including phenoxy) is 2. The lowest BCUT2D eigenvalue weighted by molar-refractivity contribution is -0.138. The molecule has 0 aliphatic rings. The molecule has 4 aromatic rings. The summed E-state index contributed by atoms with van der Waals surface area (Å²) >= 11 is 0. The molecule has 0 radical (unpaired) electrons. The van der Waals surface area contributed by atoms with Gasteiger partial charge in [0.1, 0.15) is 37.1 Å². The van der Waals surface area contributed by atoms with Gasteiger partial charge in [0.15, 0.2) is 0 Å². The van der Waals surface area contributed by atoms with Gasteiger partial charge in [-0.25, -0.2) is 4.39 Å². The predicted octanol–water partition coefficient (Wildman–Crippen LogP) is 6.46. The summed E-state index contributed by atoms with van der Waals surface area (Å²) in [7, 11) is 0. The lowest BCUT2D eigenvalue weighted by atomic mass is 10.0. The van der Waals surface area contributed by atoms with E-state index in [1.807, 2.05) is 72.8 Å². The first-order valence-electron chi connectivity index (χ1n) is 12.9. The van der Waals surface area contributed by atoms with Gasteiger partial charge < -0.3 is 24.3 Å². The molecule has 7 nitrogen and oxygen atoms in total. The Balaban J connectivity index is 1.42. The van der Waals surface area contributed by atoms with Crippen LogP contribution in [0.5, 0.6) is 11.5 Å². The van der Waals surface area contributed by atoms with Gasteiger partial charge in [-0.3, -0.25) is 9.59 Å². The second-order valence-corrected chi connectivity index (χ2v) is 9.12. The van der Waals surface area contributed by atoms with Crippen molar-refractivity contribution in [2.75, 3.05) is 13.2 Å².